The number of guanidine groups is 1. The van der Waals surface area contributed by atoms with Gasteiger partial charge in [-0.05, 0) is 95.2 Å². The summed E-state index contributed by atoms with van der Waals surface area (Å²) in [6, 6.07) is 14.4. The van der Waals surface area contributed by atoms with Crippen molar-refractivity contribution in [2.75, 3.05) is 33.7 Å². The van der Waals surface area contributed by atoms with Gasteiger partial charge in [0, 0.05) is 19.6 Å². The summed E-state index contributed by atoms with van der Waals surface area (Å²) in [7, 11) is 3.99. The molecule has 0 saturated carbocycles. The highest BCUT2D eigenvalue weighted by atomic mass is 16.2. The van der Waals surface area contributed by atoms with E-state index >= 15 is 0 Å². The molecule has 2 rings (SSSR count). The normalized spacial score (nSPS) is 12.7. The molecule has 12 N–H and O–H groups in total. The lowest BCUT2D eigenvalue weighted by molar-refractivity contribution is -0.134. The van der Waals surface area contributed by atoms with E-state index in [2.05, 4.69) is 31.2 Å². The number of aliphatic imine (C=N–C) groups is 1. The molecule has 0 aliphatic rings. The van der Waals surface area contributed by atoms with Crippen LogP contribution in [0.3, 0.4) is 0 Å². The van der Waals surface area contributed by atoms with E-state index < -0.39 is 29.9 Å². The van der Waals surface area contributed by atoms with E-state index in [1.54, 1.807) is 0 Å². The van der Waals surface area contributed by atoms with Gasteiger partial charge in [0.25, 0.3) is 0 Å². The summed E-state index contributed by atoms with van der Waals surface area (Å²) in [5.41, 5.74) is 25.2. The number of amides is 4. The predicted molar refractivity (Wildman–Crippen MR) is 197 cm³/mol. The maximum absolute atomic E-state index is 13.8. The second kappa shape index (κ2) is 23.8. The SMILES string of the molecule is CN(C)Cc1ccc(CNC(=O)[C@H](CCCN=C(N)N)NC(=O)[C@H](CCCCN)NC(=O)[C@H](CCCCN)NC(=O)Cc2ccccc2)cc1. The van der Waals surface area contributed by atoms with Crippen molar-refractivity contribution >= 4 is 29.6 Å². The van der Waals surface area contributed by atoms with Crippen molar-refractivity contribution in [3.63, 3.8) is 0 Å². The minimum atomic E-state index is -0.964. The van der Waals surface area contributed by atoms with Gasteiger partial charge in [0.15, 0.2) is 5.96 Å². The molecule has 0 bridgehead atoms. The minimum absolute atomic E-state index is 0.0627. The van der Waals surface area contributed by atoms with Crippen LogP contribution in [0.15, 0.2) is 59.6 Å². The minimum Gasteiger partial charge on any atom is -0.370 e. The van der Waals surface area contributed by atoms with Crippen LogP contribution in [0.4, 0.5) is 0 Å². The summed E-state index contributed by atoms with van der Waals surface area (Å²) < 4.78 is 0. The van der Waals surface area contributed by atoms with Gasteiger partial charge in [0.1, 0.15) is 18.1 Å². The molecule has 4 amide bonds. The highest BCUT2D eigenvalue weighted by Crippen LogP contribution is 2.10. The lowest BCUT2D eigenvalue weighted by Crippen LogP contribution is -2.56. The first-order valence-corrected chi connectivity index (χ1v) is 17.4. The van der Waals surface area contributed by atoms with Crippen molar-refractivity contribution in [1.82, 2.24) is 26.2 Å². The molecule has 0 aliphatic heterocycles. The Balaban J connectivity index is 2.18. The summed E-state index contributed by atoms with van der Waals surface area (Å²) in [6.45, 7) is 2.22. The van der Waals surface area contributed by atoms with Crippen LogP contribution in [0.1, 0.15) is 68.1 Å². The summed E-state index contributed by atoms with van der Waals surface area (Å²) in [5.74, 6) is -1.74. The number of unbranched alkanes of at least 4 members (excludes halogenated alkanes) is 2. The number of benzene rings is 2. The van der Waals surface area contributed by atoms with Crippen molar-refractivity contribution in [3.8, 4) is 0 Å². The van der Waals surface area contributed by atoms with Crippen molar-refractivity contribution < 1.29 is 19.2 Å². The van der Waals surface area contributed by atoms with E-state index in [1.165, 1.54) is 0 Å². The van der Waals surface area contributed by atoms with Crippen molar-refractivity contribution in [2.45, 2.75) is 89.0 Å². The van der Waals surface area contributed by atoms with Crippen LogP contribution in [-0.4, -0.2) is 86.3 Å². The Labute approximate surface area is 296 Å². The highest BCUT2D eigenvalue weighted by Gasteiger charge is 2.29. The topological polar surface area (TPSA) is 236 Å². The zero-order valence-corrected chi connectivity index (χ0v) is 29.7. The molecule has 14 heteroatoms. The van der Waals surface area contributed by atoms with Crippen molar-refractivity contribution in [3.05, 3.63) is 71.3 Å². The van der Waals surface area contributed by atoms with Gasteiger partial charge in [0.2, 0.25) is 23.6 Å². The molecule has 14 nitrogen and oxygen atoms in total. The molecular formula is C36H58N10O4. The predicted octanol–water partition coefficient (Wildman–Crippen LogP) is 0.373. The van der Waals surface area contributed by atoms with Gasteiger partial charge in [-0.25, -0.2) is 0 Å². The molecular weight excluding hydrogens is 636 g/mol. The molecule has 0 aliphatic carbocycles. The molecule has 50 heavy (non-hydrogen) atoms. The first kappa shape index (κ1) is 41.6. The number of carbonyl (C=O) groups is 4. The zero-order valence-electron chi connectivity index (χ0n) is 29.7. The molecule has 3 atom stereocenters. The van der Waals surface area contributed by atoms with E-state index in [4.69, 9.17) is 22.9 Å². The van der Waals surface area contributed by atoms with Crippen LogP contribution in [0.25, 0.3) is 0 Å². The standard InChI is InChI=1S/C36H58N10O4/c1-46(2)25-28-18-16-27(17-19-28)24-42-33(48)29(15-10-22-41-36(39)40)44-35(50)31(14-7-9-21-38)45-34(49)30(13-6-8-20-37)43-32(47)23-26-11-4-3-5-12-26/h3-5,11-12,16-19,29-31H,6-10,13-15,20-25,37-38H2,1-2H3,(H,42,48)(H,43,47)(H,44,50)(H,45,49)(H4,39,40,41)/t29-,30-,31-/m0/s1. The summed E-state index contributed by atoms with van der Waals surface area (Å²) in [6.07, 6.45) is 3.94. The largest absolute Gasteiger partial charge is 0.370 e. The van der Waals surface area contributed by atoms with E-state index in [-0.39, 0.29) is 43.7 Å². The Morgan fingerprint density at radius 2 is 1.18 bits per heavy atom. The van der Waals surface area contributed by atoms with Crippen molar-refractivity contribution in [2.24, 2.45) is 27.9 Å². The van der Waals surface area contributed by atoms with E-state index in [0.29, 0.717) is 58.0 Å². The molecule has 0 fully saturated rings. The average Bonchev–Trinajstić information content (AvgIpc) is 3.08. The fraction of sp³-hybridized carbons (Fsp3) is 0.528. The van der Waals surface area contributed by atoms with Crippen LogP contribution in [0.5, 0.6) is 0 Å². The number of nitrogens with two attached hydrogens (primary N) is 4. The highest BCUT2D eigenvalue weighted by molar-refractivity contribution is 5.94. The van der Waals surface area contributed by atoms with Gasteiger partial charge in [0.05, 0.1) is 6.42 Å². The average molecular weight is 695 g/mol. The Morgan fingerprint density at radius 3 is 1.72 bits per heavy atom. The van der Waals surface area contributed by atoms with Gasteiger partial charge in [-0.1, -0.05) is 54.6 Å². The van der Waals surface area contributed by atoms with Gasteiger partial charge < -0.3 is 49.1 Å². The third-order valence-corrected chi connectivity index (χ3v) is 7.95. The number of nitrogens with one attached hydrogen (secondary N) is 4. The fourth-order valence-corrected chi connectivity index (χ4v) is 5.31. The number of hydrogen-bond donors (Lipinski definition) is 8. The van der Waals surface area contributed by atoms with E-state index in [9.17, 15) is 19.2 Å². The third kappa shape index (κ3) is 17.2. The van der Waals surface area contributed by atoms with E-state index in [0.717, 1.165) is 23.2 Å². The van der Waals surface area contributed by atoms with Gasteiger partial charge >= 0.3 is 0 Å². The monoisotopic (exact) mass is 694 g/mol. The molecule has 0 heterocycles. The van der Waals surface area contributed by atoms with Gasteiger partial charge in [-0.3, -0.25) is 24.2 Å². The van der Waals surface area contributed by atoms with Crippen LogP contribution >= 0.6 is 0 Å². The smallest absolute Gasteiger partial charge is 0.243 e. The number of nitrogens with zero attached hydrogens (tertiary/aromatic N) is 2. The third-order valence-electron chi connectivity index (χ3n) is 7.95. The lowest BCUT2D eigenvalue weighted by atomic mass is 10.0. The number of carbonyl (C=O) groups excluding carboxylic acids is 4. The molecule has 0 unspecified atom stereocenters. The fourth-order valence-electron chi connectivity index (χ4n) is 5.31. The zero-order chi connectivity index (χ0) is 36.7. The van der Waals surface area contributed by atoms with Gasteiger partial charge in [-0.15, -0.1) is 0 Å². The van der Waals surface area contributed by atoms with Crippen LogP contribution < -0.4 is 44.2 Å². The number of hydrogen-bond acceptors (Lipinski definition) is 8. The van der Waals surface area contributed by atoms with Crippen LogP contribution in [-0.2, 0) is 38.7 Å². The second-order valence-corrected chi connectivity index (χ2v) is 12.7. The summed E-state index contributed by atoms with van der Waals surface area (Å²) >= 11 is 0. The molecule has 2 aromatic rings. The Hall–Kier alpha value is -4.53. The Morgan fingerprint density at radius 1 is 0.660 bits per heavy atom. The second-order valence-electron chi connectivity index (χ2n) is 12.7. The van der Waals surface area contributed by atoms with Crippen LogP contribution in [0.2, 0.25) is 0 Å². The first-order valence-electron chi connectivity index (χ1n) is 17.4. The number of rotatable bonds is 24. The molecule has 0 aromatic heterocycles. The van der Waals surface area contributed by atoms with Crippen LogP contribution in [0, 0.1) is 0 Å². The van der Waals surface area contributed by atoms with Gasteiger partial charge in [-0.2, -0.15) is 0 Å². The molecule has 276 valence electrons. The molecule has 0 spiro atoms. The molecule has 2 aromatic carbocycles. The molecule has 0 radical (unpaired) electrons. The Kier molecular flexibility index (Phi) is 19.8. The quantitative estimate of drug-likeness (QED) is 0.0430. The van der Waals surface area contributed by atoms with Crippen molar-refractivity contribution in [1.29, 1.82) is 0 Å². The maximum Gasteiger partial charge on any atom is 0.243 e. The Bertz CT molecular complexity index is 1330. The summed E-state index contributed by atoms with van der Waals surface area (Å²) in [5, 5.41) is 11.5. The first-order chi connectivity index (χ1) is 24.0. The summed E-state index contributed by atoms with van der Waals surface area (Å²) in [4.78, 5) is 59.8. The molecule has 0 saturated heterocycles. The lowest BCUT2D eigenvalue weighted by Gasteiger charge is -2.25. The van der Waals surface area contributed by atoms with E-state index in [1.807, 2.05) is 68.7 Å². The maximum atomic E-state index is 13.8.